The summed E-state index contributed by atoms with van der Waals surface area (Å²) in [4.78, 5) is 10.4. The summed E-state index contributed by atoms with van der Waals surface area (Å²) in [6.07, 6.45) is 10.6. The van der Waals surface area contributed by atoms with Gasteiger partial charge in [0.1, 0.15) is 0 Å². The molecule has 0 bridgehead atoms. The molecule has 0 heterocycles. The zero-order valence-corrected chi connectivity index (χ0v) is 5.37. The molecule has 2 aliphatic rings. The first kappa shape index (κ1) is 5.42. The Morgan fingerprint density at radius 1 is 1.20 bits per heavy atom. The zero-order valence-electron chi connectivity index (χ0n) is 5.37. The van der Waals surface area contributed by atoms with E-state index in [0.717, 1.165) is 23.0 Å². The fourth-order valence-electron chi connectivity index (χ4n) is 1.21. The number of aldehydes is 1. The molecule has 1 heteroatoms. The molecule has 0 aromatic rings. The summed E-state index contributed by atoms with van der Waals surface area (Å²) in [5.74, 6) is 0. The van der Waals surface area contributed by atoms with E-state index in [-0.39, 0.29) is 0 Å². The number of hydrogen-bond donors (Lipinski definition) is 0. The highest BCUT2D eigenvalue weighted by molar-refractivity contribution is 5.88. The molecule has 0 atom stereocenters. The second-order valence-corrected chi connectivity index (χ2v) is 2.30. The Hall–Kier alpha value is -1.37. The van der Waals surface area contributed by atoms with Crippen LogP contribution in [0.1, 0.15) is 0 Å². The third kappa shape index (κ3) is 0.545. The minimum atomic E-state index is 0.792. The lowest BCUT2D eigenvalue weighted by Crippen LogP contribution is -1.84. The molecule has 2 rings (SSSR count). The zero-order chi connectivity index (χ0) is 6.97. The van der Waals surface area contributed by atoms with Gasteiger partial charge in [0.25, 0.3) is 0 Å². The van der Waals surface area contributed by atoms with E-state index in [2.05, 4.69) is 0 Å². The van der Waals surface area contributed by atoms with E-state index in [9.17, 15) is 4.79 Å². The summed E-state index contributed by atoms with van der Waals surface area (Å²) in [7, 11) is 0. The molecule has 1 nitrogen and oxygen atoms in total. The van der Waals surface area contributed by atoms with Crippen molar-refractivity contribution in [2.24, 2.45) is 0 Å². The van der Waals surface area contributed by atoms with Gasteiger partial charge < -0.3 is 0 Å². The van der Waals surface area contributed by atoms with Crippen molar-refractivity contribution in [2.45, 2.75) is 0 Å². The number of carbonyl (C=O) groups is 1. The van der Waals surface area contributed by atoms with Gasteiger partial charge in [-0.15, -0.1) is 0 Å². The van der Waals surface area contributed by atoms with E-state index in [4.69, 9.17) is 0 Å². The third-order valence-electron chi connectivity index (χ3n) is 1.73. The molecule has 0 unspecified atom stereocenters. The monoisotopic (exact) mass is 130 g/mol. The maximum absolute atomic E-state index is 10.4. The standard InChI is InChI=1S/C9H6O/c10-6-8-5-4-7-2-1-3-9(7)8/h1-6H. The molecule has 0 amide bonds. The second kappa shape index (κ2) is 1.81. The number of allylic oxidation sites excluding steroid dienone is 8. The van der Waals surface area contributed by atoms with Gasteiger partial charge in [-0.3, -0.25) is 4.79 Å². The lowest BCUT2D eigenvalue weighted by Gasteiger charge is -1.93. The van der Waals surface area contributed by atoms with Crippen LogP contribution in [-0.2, 0) is 4.79 Å². The average molecular weight is 130 g/mol. The quantitative estimate of drug-likeness (QED) is 0.492. The van der Waals surface area contributed by atoms with Gasteiger partial charge in [0.2, 0.25) is 0 Å². The molecular formula is C9H6O. The van der Waals surface area contributed by atoms with E-state index in [1.54, 1.807) is 0 Å². The van der Waals surface area contributed by atoms with Crippen LogP contribution in [0.3, 0.4) is 0 Å². The first-order chi connectivity index (χ1) is 4.92. The minimum Gasteiger partial charge on any atom is -0.298 e. The number of fused-ring (bicyclic) bond motifs is 1. The topological polar surface area (TPSA) is 17.1 Å². The predicted octanol–water partition coefficient (Wildman–Crippen LogP) is 1.55. The summed E-state index contributed by atoms with van der Waals surface area (Å²) >= 11 is 0. The summed E-state index contributed by atoms with van der Waals surface area (Å²) in [6, 6.07) is 0. The van der Waals surface area contributed by atoms with Crippen LogP contribution in [0.2, 0.25) is 0 Å². The Bertz CT molecular complexity index is 301. The maximum atomic E-state index is 10.4. The van der Waals surface area contributed by atoms with Gasteiger partial charge in [-0.1, -0.05) is 30.4 Å². The van der Waals surface area contributed by atoms with E-state index in [0.29, 0.717) is 0 Å². The molecule has 0 spiro atoms. The number of hydrogen-bond acceptors (Lipinski definition) is 1. The van der Waals surface area contributed by atoms with Gasteiger partial charge >= 0.3 is 0 Å². The van der Waals surface area contributed by atoms with Crippen LogP contribution in [0.25, 0.3) is 0 Å². The highest BCUT2D eigenvalue weighted by Crippen LogP contribution is 2.29. The van der Waals surface area contributed by atoms with Gasteiger partial charge in [-0.25, -0.2) is 0 Å². The van der Waals surface area contributed by atoms with Gasteiger partial charge in [-0.2, -0.15) is 0 Å². The van der Waals surface area contributed by atoms with Gasteiger partial charge in [0.05, 0.1) is 0 Å². The first-order valence-electron chi connectivity index (χ1n) is 3.18. The van der Waals surface area contributed by atoms with E-state index in [1.807, 2.05) is 30.4 Å². The van der Waals surface area contributed by atoms with Crippen molar-refractivity contribution in [3.8, 4) is 0 Å². The van der Waals surface area contributed by atoms with Crippen LogP contribution in [0, 0.1) is 0 Å². The van der Waals surface area contributed by atoms with Crippen molar-refractivity contribution in [1.29, 1.82) is 0 Å². The highest BCUT2D eigenvalue weighted by Gasteiger charge is 2.14. The Labute approximate surface area is 59.1 Å². The Morgan fingerprint density at radius 3 is 2.90 bits per heavy atom. The van der Waals surface area contributed by atoms with Crippen molar-refractivity contribution in [1.82, 2.24) is 0 Å². The van der Waals surface area contributed by atoms with Crippen molar-refractivity contribution >= 4 is 6.29 Å². The maximum Gasteiger partial charge on any atom is 0.150 e. The smallest absolute Gasteiger partial charge is 0.150 e. The van der Waals surface area contributed by atoms with Crippen LogP contribution >= 0.6 is 0 Å². The molecule has 0 N–H and O–H groups in total. The number of rotatable bonds is 1. The van der Waals surface area contributed by atoms with Crippen LogP contribution in [0.5, 0.6) is 0 Å². The molecule has 48 valence electrons. The largest absolute Gasteiger partial charge is 0.298 e. The van der Waals surface area contributed by atoms with Gasteiger partial charge in [0, 0.05) is 5.57 Å². The second-order valence-electron chi connectivity index (χ2n) is 2.30. The summed E-state index contributed by atoms with van der Waals surface area (Å²) in [5, 5.41) is 0. The van der Waals surface area contributed by atoms with E-state index >= 15 is 0 Å². The van der Waals surface area contributed by atoms with Crippen molar-refractivity contribution in [3.63, 3.8) is 0 Å². The minimum absolute atomic E-state index is 0.792. The molecule has 0 aromatic heterocycles. The van der Waals surface area contributed by atoms with Crippen molar-refractivity contribution in [3.05, 3.63) is 47.1 Å². The Kier molecular flexibility index (Phi) is 0.978. The van der Waals surface area contributed by atoms with Gasteiger partial charge in [-0.05, 0) is 11.1 Å². The molecule has 0 aliphatic heterocycles. The molecule has 10 heavy (non-hydrogen) atoms. The lowest BCUT2D eigenvalue weighted by atomic mass is 10.1. The van der Waals surface area contributed by atoms with Crippen molar-refractivity contribution in [2.75, 3.05) is 0 Å². The molecular weight excluding hydrogens is 124 g/mol. The lowest BCUT2D eigenvalue weighted by molar-refractivity contribution is -0.104. The fourth-order valence-corrected chi connectivity index (χ4v) is 1.21. The van der Waals surface area contributed by atoms with E-state index in [1.165, 1.54) is 0 Å². The molecule has 0 aromatic carbocycles. The first-order valence-corrected chi connectivity index (χ1v) is 3.18. The Balaban J connectivity index is 2.46. The van der Waals surface area contributed by atoms with Crippen LogP contribution in [0.15, 0.2) is 47.1 Å². The SMILES string of the molecule is O=CC1=CC=C2C=CC=C12. The molecule has 0 saturated heterocycles. The Morgan fingerprint density at radius 2 is 2.10 bits per heavy atom. The third-order valence-corrected chi connectivity index (χ3v) is 1.73. The fraction of sp³-hybridized carbons (Fsp3) is 0. The van der Waals surface area contributed by atoms with Crippen LogP contribution in [0.4, 0.5) is 0 Å². The summed E-state index contributed by atoms with van der Waals surface area (Å²) in [6.45, 7) is 0. The van der Waals surface area contributed by atoms with Crippen LogP contribution in [-0.4, -0.2) is 6.29 Å². The highest BCUT2D eigenvalue weighted by atomic mass is 16.1. The normalized spacial score (nSPS) is 19.8. The summed E-state index contributed by atoms with van der Waals surface area (Å²) in [5.41, 5.74) is 3.01. The van der Waals surface area contributed by atoms with Crippen LogP contribution < -0.4 is 0 Å². The molecule has 0 saturated carbocycles. The molecule has 0 fully saturated rings. The number of carbonyl (C=O) groups excluding carboxylic acids is 1. The van der Waals surface area contributed by atoms with Gasteiger partial charge in [0.15, 0.2) is 6.29 Å². The van der Waals surface area contributed by atoms with Crippen molar-refractivity contribution < 1.29 is 4.79 Å². The molecule has 0 radical (unpaired) electrons. The van der Waals surface area contributed by atoms with E-state index < -0.39 is 0 Å². The average Bonchev–Trinajstić information content (AvgIpc) is 2.44. The molecule has 2 aliphatic carbocycles. The predicted molar refractivity (Wildman–Crippen MR) is 39.5 cm³/mol. The summed E-state index contributed by atoms with van der Waals surface area (Å²) < 4.78 is 0.